The molecule has 0 aromatic carbocycles. The molecule has 0 bridgehead atoms. The Hall–Kier alpha value is -2.46. The molecule has 10 heteroatoms. The second-order valence-electron chi connectivity index (χ2n) is 4.11. The van der Waals surface area contributed by atoms with Crippen LogP contribution in [-0.4, -0.2) is 57.9 Å². The van der Waals surface area contributed by atoms with Gasteiger partial charge in [0.05, 0.1) is 0 Å². The van der Waals surface area contributed by atoms with E-state index in [2.05, 4.69) is 9.97 Å². The molecule has 0 radical (unpaired) electrons. The lowest BCUT2D eigenvalue weighted by Crippen LogP contribution is -2.39. The monoisotopic (exact) mass is 313 g/mol. The molecule has 3 N–H and O–H groups in total. The molecule has 0 unspecified atom stereocenters. The van der Waals surface area contributed by atoms with Gasteiger partial charge in [-0.25, -0.2) is 13.4 Å². The molecular weight excluding hydrogens is 302 g/mol. The zero-order chi connectivity index (χ0) is 15.6. The van der Waals surface area contributed by atoms with Crippen LogP contribution >= 0.6 is 0 Å². The summed E-state index contributed by atoms with van der Waals surface area (Å²) in [7, 11) is -4.27. The zero-order valence-electron chi connectivity index (χ0n) is 10.6. The van der Waals surface area contributed by atoms with E-state index in [9.17, 15) is 18.0 Å². The minimum Gasteiger partial charge on any atom is -0.480 e. The molecule has 112 valence electrons. The summed E-state index contributed by atoms with van der Waals surface area (Å²) in [5.41, 5.74) is 0.307. The summed E-state index contributed by atoms with van der Waals surface area (Å²) in [5.74, 6) is -2.89. The minimum atomic E-state index is -4.27. The van der Waals surface area contributed by atoms with E-state index in [1.807, 2.05) is 0 Å². The number of aromatic nitrogens is 2. The Morgan fingerprint density at radius 3 is 2.43 bits per heavy atom. The largest absolute Gasteiger partial charge is 0.480 e. The van der Waals surface area contributed by atoms with Gasteiger partial charge >= 0.3 is 11.9 Å². The number of pyridine rings is 1. The van der Waals surface area contributed by atoms with Crippen molar-refractivity contribution in [3.8, 4) is 0 Å². The number of carboxylic acids is 2. The van der Waals surface area contributed by atoms with Gasteiger partial charge in [-0.3, -0.25) is 9.59 Å². The second-order valence-corrected chi connectivity index (χ2v) is 6.02. The van der Waals surface area contributed by atoms with Crippen molar-refractivity contribution in [1.82, 2.24) is 14.3 Å². The van der Waals surface area contributed by atoms with E-state index < -0.39 is 35.1 Å². The molecule has 0 aliphatic carbocycles. The average molecular weight is 313 g/mol. The van der Waals surface area contributed by atoms with Crippen molar-refractivity contribution in [2.45, 2.75) is 4.90 Å². The van der Waals surface area contributed by atoms with E-state index in [1.54, 1.807) is 0 Å². The van der Waals surface area contributed by atoms with Crippen molar-refractivity contribution >= 4 is 33.0 Å². The van der Waals surface area contributed by atoms with Crippen LogP contribution < -0.4 is 0 Å². The molecule has 0 spiro atoms. The smallest absolute Gasteiger partial charge is 0.318 e. The summed E-state index contributed by atoms with van der Waals surface area (Å²) in [4.78, 5) is 27.9. The predicted molar refractivity (Wildman–Crippen MR) is 70.1 cm³/mol. The Bertz CT molecular complexity index is 781. The van der Waals surface area contributed by atoms with Gasteiger partial charge in [-0.05, 0) is 12.1 Å². The average Bonchev–Trinajstić information content (AvgIpc) is 2.81. The summed E-state index contributed by atoms with van der Waals surface area (Å²) in [6.45, 7) is -1.89. The maximum absolute atomic E-state index is 12.4. The lowest BCUT2D eigenvalue weighted by molar-refractivity contribution is -0.139. The molecule has 2 aromatic heterocycles. The van der Waals surface area contributed by atoms with Crippen molar-refractivity contribution in [2.75, 3.05) is 13.1 Å². The number of hydrogen-bond donors (Lipinski definition) is 3. The van der Waals surface area contributed by atoms with Gasteiger partial charge in [-0.2, -0.15) is 4.31 Å². The van der Waals surface area contributed by atoms with E-state index in [1.165, 1.54) is 18.3 Å². The SMILES string of the molecule is O=C(O)CN(CC(=O)O)S(=O)(=O)c1c[nH]c2ncccc12. The van der Waals surface area contributed by atoms with Crippen LogP contribution in [-0.2, 0) is 19.6 Å². The van der Waals surface area contributed by atoms with Crippen molar-refractivity contribution in [3.05, 3.63) is 24.5 Å². The molecule has 0 saturated carbocycles. The van der Waals surface area contributed by atoms with Crippen LogP contribution in [0.2, 0.25) is 0 Å². The van der Waals surface area contributed by atoms with Crippen LogP contribution in [0.5, 0.6) is 0 Å². The topological polar surface area (TPSA) is 141 Å². The Kier molecular flexibility index (Phi) is 3.91. The molecule has 0 aliphatic heterocycles. The molecule has 9 nitrogen and oxygen atoms in total. The molecular formula is C11H11N3O6S. The van der Waals surface area contributed by atoms with Gasteiger partial charge in [0, 0.05) is 17.8 Å². The fraction of sp³-hybridized carbons (Fsp3) is 0.182. The number of aromatic amines is 1. The fourth-order valence-electron chi connectivity index (χ4n) is 1.81. The van der Waals surface area contributed by atoms with Crippen molar-refractivity contribution in [2.24, 2.45) is 0 Å². The van der Waals surface area contributed by atoms with E-state index in [4.69, 9.17) is 10.2 Å². The van der Waals surface area contributed by atoms with E-state index >= 15 is 0 Å². The lowest BCUT2D eigenvalue weighted by atomic mass is 10.3. The minimum absolute atomic E-state index is 0.215. The molecule has 0 amide bonds. The number of nitrogens with one attached hydrogen (secondary N) is 1. The van der Waals surface area contributed by atoms with Gasteiger partial charge in [0.2, 0.25) is 10.0 Å². The second kappa shape index (κ2) is 5.50. The molecule has 2 aromatic rings. The third-order valence-electron chi connectivity index (χ3n) is 2.65. The van der Waals surface area contributed by atoms with E-state index in [0.717, 1.165) is 6.20 Å². The van der Waals surface area contributed by atoms with Gasteiger partial charge < -0.3 is 15.2 Å². The van der Waals surface area contributed by atoms with Gasteiger partial charge in [0.25, 0.3) is 0 Å². The third kappa shape index (κ3) is 3.01. The lowest BCUT2D eigenvalue weighted by Gasteiger charge is -2.17. The van der Waals surface area contributed by atoms with Gasteiger partial charge in [0.1, 0.15) is 23.6 Å². The molecule has 21 heavy (non-hydrogen) atoms. The first kappa shape index (κ1) is 14.9. The number of sulfonamides is 1. The normalized spacial score (nSPS) is 11.9. The summed E-state index contributed by atoms with van der Waals surface area (Å²) in [6, 6.07) is 3.01. The van der Waals surface area contributed by atoms with Crippen LogP contribution in [0.3, 0.4) is 0 Å². The number of carboxylic acid groups (broad SMARTS) is 2. The molecule has 0 fully saturated rings. The maximum Gasteiger partial charge on any atom is 0.318 e. The van der Waals surface area contributed by atoms with Gasteiger partial charge in [0.15, 0.2) is 0 Å². The number of carbonyl (C=O) groups is 2. The highest BCUT2D eigenvalue weighted by Gasteiger charge is 2.30. The Balaban J connectivity index is 2.51. The molecule has 0 aliphatic rings. The summed E-state index contributed by atoms with van der Waals surface area (Å²) >= 11 is 0. The highest BCUT2D eigenvalue weighted by Crippen LogP contribution is 2.24. The quantitative estimate of drug-likeness (QED) is 0.666. The Morgan fingerprint density at radius 2 is 1.86 bits per heavy atom. The summed E-state index contributed by atoms with van der Waals surface area (Å²) in [5, 5.41) is 17.8. The van der Waals surface area contributed by atoms with Crippen molar-refractivity contribution < 1.29 is 28.2 Å². The Labute approximate surface area is 118 Å². The number of fused-ring (bicyclic) bond motifs is 1. The van der Waals surface area contributed by atoms with Crippen LogP contribution in [0.1, 0.15) is 0 Å². The predicted octanol–water partition coefficient (Wildman–Crippen LogP) is -0.277. The fourth-order valence-corrected chi connectivity index (χ4v) is 3.30. The first-order valence-electron chi connectivity index (χ1n) is 5.68. The zero-order valence-corrected chi connectivity index (χ0v) is 11.4. The summed E-state index contributed by atoms with van der Waals surface area (Å²) in [6.07, 6.45) is 2.62. The van der Waals surface area contributed by atoms with Crippen molar-refractivity contribution in [3.63, 3.8) is 0 Å². The van der Waals surface area contributed by atoms with Gasteiger partial charge in [-0.15, -0.1) is 0 Å². The maximum atomic E-state index is 12.4. The molecule has 2 rings (SSSR count). The molecule has 0 saturated heterocycles. The highest BCUT2D eigenvalue weighted by atomic mass is 32.2. The first-order valence-corrected chi connectivity index (χ1v) is 7.12. The van der Waals surface area contributed by atoms with Gasteiger partial charge in [-0.1, -0.05) is 0 Å². The number of H-pyrrole nitrogens is 1. The van der Waals surface area contributed by atoms with Crippen LogP contribution in [0.25, 0.3) is 11.0 Å². The van der Waals surface area contributed by atoms with E-state index in [-0.39, 0.29) is 10.3 Å². The number of aliphatic carboxylic acids is 2. The van der Waals surface area contributed by atoms with E-state index in [0.29, 0.717) is 9.95 Å². The number of rotatable bonds is 6. The van der Waals surface area contributed by atoms with Crippen molar-refractivity contribution in [1.29, 1.82) is 0 Å². The molecule has 2 heterocycles. The van der Waals surface area contributed by atoms with Crippen LogP contribution in [0.4, 0.5) is 0 Å². The molecule has 0 atom stereocenters. The van der Waals surface area contributed by atoms with Crippen LogP contribution in [0.15, 0.2) is 29.4 Å². The standard InChI is InChI=1S/C11H11N3O6S/c15-9(16)5-14(6-10(17)18)21(19,20)8-4-13-11-7(8)2-1-3-12-11/h1-4H,5-6H2,(H,12,13)(H,15,16)(H,17,18). The number of hydrogen-bond acceptors (Lipinski definition) is 5. The Morgan fingerprint density at radius 1 is 1.24 bits per heavy atom. The highest BCUT2D eigenvalue weighted by molar-refractivity contribution is 7.89. The number of nitrogens with zero attached hydrogens (tertiary/aromatic N) is 2. The third-order valence-corrected chi connectivity index (χ3v) is 4.49. The summed E-state index contributed by atoms with van der Waals surface area (Å²) < 4.78 is 25.2. The first-order chi connectivity index (χ1) is 9.82. The van der Waals surface area contributed by atoms with Crippen LogP contribution in [0, 0.1) is 0 Å².